The number of hydrogen-bond acceptors (Lipinski definition) is 5. The third-order valence-electron chi connectivity index (χ3n) is 2.96. The summed E-state index contributed by atoms with van der Waals surface area (Å²) in [5.74, 6) is -0.0238. The summed E-state index contributed by atoms with van der Waals surface area (Å²) in [6, 6.07) is 0. The van der Waals surface area contributed by atoms with E-state index in [-0.39, 0.29) is 0 Å². The van der Waals surface area contributed by atoms with Crippen molar-refractivity contribution >= 4 is 17.6 Å². The minimum absolute atomic E-state index is 0.299. The Morgan fingerprint density at radius 3 is 2.05 bits per heavy atom. The zero-order chi connectivity index (χ0) is 14.7. The van der Waals surface area contributed by atoms with E-state index in [0.29, 0.717) is 33.2 Å². The summed E-state index contributed by atoms with van der Waals surface area (Å²) < 4.78 is 15.0. The van der Waals surface area contributed by atoms with Crippen molar-refractivity contribution in [1.82, 2.24) is 0 Å². The van der Waals surface area contributed by atoms with Crippen LogP contribution >= 0.6 is 11.6 Å². The number of methoxy groups -OCH3 is 3. The number of carbonyl (C=O) groups excluding carboxylic acids is 1. The summed E-state index contributed by atoms with van der Waals surface area (Å²) in [6.45, 7) is 3.41. The van der Waals surface area contributed by atoms with Crippen LogP contribution < -0.4 is 9.47 Å². The Morgan fingerprint density at radius 2 is 1.63 bits per heavy atom. The van der Waals surface area contributed by atoms with Gasteiger partial charge in [-0.1, -0.05) is 11.6 Å². The highest BCUT2D eigenvalue weighted by atomic mass is 35.5. The molecule has 0 aliphatic heterocycles. The highest BCUT2D eigenvalue weighted by Crippen LogP contribution is 2.43. The summed E-state index contributed by atoms with van der Waals surface area (Å²) in [7, 11) is 4.11. The number of hydrogen-bond donors (Lipinski definition) is 1. The lowest BCUT2D eigenvalue weighted by molar-refractivity contribution is -0.150. The number of ether oxygens (including phenoxy) is 3. The second kappa shape index (κ2) is 6.12. The van der Waals surface area contributed by atoms with Gasteiger partial charge in [0.05, 0.1) is 26.4 Å². The van der Waals surface area contributed by atoms with Gasteiger partial charge in [0, 0.05) is 16.7 Å². The molecule has 1 rings (SSSR count). The number of esters is 1. The molecule has 6 heteroatoms. The van der Waals surface area contributed by atoms with Gasteiger partial charge in [-0.25, -0.2) is 4.79 Å². The van der Waals surface area contributed by atoms with Crippen molar-refractivity contribution in [2.75, 3.05) is 21.3 Å². The van der Waals surface area contributed by atoms with Crippen molar-refractivity contribution in [2.24, 2.45) is 0 Å². The number of benzene rings is 1. The van der Waals surface area contributed by atoms with Crippen molar-refractivity contribution < 1.29 is 24.1 Å². The molecular formula is C13H17ClO5. The summed E-state index contributed by atoms with van der Waals surface area (Å²) in [6.07, 6.45) is -1.45. The molecule has 5 nitrogen and oxygen atoms in total. The van der Waals surface area contributed by atoms with E-state index < -0.39 is 12.1 Å². The molecule has 1 unspecified atom stereocenters. The number of aliphatic hydroxyl groups excluding tert-OH is 1. The Kier molecular flexibility index (Phi) is 5.03. The standard InChI is InChI=1S/C13H17ClO5/c1-6-8(10(15)13(16)19-5)11(17-3)7(2)9(14)12(6)18-4/h10,15H,1-5H3. The van der Waals surface area contributed by atoms with Crippen LogP contribution in [0.2, 0.25) is 5.02 Å². The number of rotatable bonds is 4. The topological polar surface area (TPSA) is 65.0 Å². The molecule has 0 fully saturated rings. The van der Waals surface area contributed by atoms with Crippen molar-refractivity contribution in [2.45, 2.75) is 20.0 Å². The van der Waals surface area contributed by atoms with Gasteiger partial charge in [0.15, 0.2) is 6.10 Å². The summed E-state index contributed by atoms with van der Waals surface area (Å²) in [5, 5.41) is 10.5. The monoisotopic (exact) mass is 288 g/mol. The number of halogens is 1. The van der Waals surface area contributed by atoms with Gasteiger partial charge in [0.25, 0.3) is 0 Å². The van der Waals surface area contributed by atoms with Crippen molar-refractivity contribution in [3.05, 3.63) is 21.7 Å². The van der Waals surface area contributed by atoms with Gasteiger partial charge in [0.1, 0.15) is 11.5 Å². The Labute approximate surface area is 117 Å². The lowest BCUT2D eigenvalue weighted by Gasteiger charge is -2.21. The van der Waals surface area contributed by atoms with Crippen LogP contribution in [0, 0.1) is 13.8 Å². The highest BCUT2D eigenvalue weighted by Gasteiger charge is 2.29. The van der Waals surface area contributed by atoms with E-state index >= 15 is 0 Å². The molecule has 0 heterocycles. The summed E-state index contributed by atoms with van der Waals surface area (Å²) >= 11 is 6.17. The molecule has 1 aromatic carbocycles. The SMILES string of the molecule is COC(=O)C(O)c1c(C)c(OC)c(Cl)c(C)c1OC. The van der Waals surface area contributed by atoms with E-state index in [9.17, 15) is 9.90 Å². The molecule has 106 valence electrons. The Balaban J connectivity index is 3.61. The van der Waals surface area contributed by atoms with E-state index in [1.807, 2.05) is 0 Å². The molecule has 0 radical (unpaired) electrons. The maximum Gasteiger partial charge on any atom is 0.339 e. The zero-order valence-electron chi connectivity index (χ0n) is 11.5. The molecule has 0 saturated carbocycles. The fourth-order valence-corrected chi connectivity index (χ4v) is 2.30. The van der Waals surface area contributed by atoms with Gasteiger partial charge < -0.3 is 19.3 Å². The predicted octanol–water partition coefficient (Wildman–Crippen LogP) is 2.18. The van der Waals surface area contributed by atoms with Crippen molar-refractivity contribution in [1.29, 1.82) is 0 Å². The first kappa shape index (κ1) is 15.6. The van der Waals surface area contributed by atoms with Gasteiger partial charge in [0.2, 0.25) is 0 Å². The molecule has 1 aromatic rings. The van der Waals surface area contributed by atoms with E-state index in [0.717, 1.165) is 0 Å². The first-order valence-electron chi connectivity index (χ1n) is 5.57. The summed E-state index contributed by atoms with van der Waals surface area (Å²) in [5.41, 5.74) is 1.42. The van der Waals surface area contributed by atoms with E-state index in [4.69, 9.17) is 21.1 Å². The largest absolute Gasteiger partial charge is 0.496 e. The van der Waals surface area contributed by atoms with Gasteiger partial charge in [-0.3, -0.25) is 0 Å². The average molecular weight is 289 g/mol. The third kappa shape index (κ3) is 2.62. The second-order valence-corrected chi connectivity index (χ2v) is 4.35. The van der Waals surface area contributed by atoms with Gasteiger partial charge in [-0.05, 0) is 13.8 Å². The fourth-order valence-electron chi connectivity index (χ4n) is 1.99. The molecule has 0 aliphatic carbocycles. The zero-order valence-corrected chi connectivity index (χ0v) is 12.3. The highest BCUT2D eigenvalue weighted by molar-refractivity contribution is 6.33. The molecule has 1 atom stereocenters. The minimum atomic E-state index is -1.45. The van der Waals surface area contributed by atoms with Crippen LogP contribution in [-0.4, -0.2) is 32.4 Å². The molecule has 0 aromatic heterocycles. The van der Waals surface area contributed by atoms with Crippen molar-refractivity contribution in [3.63, 3.8) is 0 Å². The maximum absolute atomic E-state index is 11.5. The first-order chi connectivity index (χ1) is 8.90. The Hall–Kier alpha value is -1.46. The van der Waals surface area contributed by atoms with Gasteiger partial charge in [-0.2, -0.15) is 0 Å². The van der Waals surface area contributed by atoms with E-state index in [1.165, 1.54) is 21.3 Å². The molecule has 1 N–H and O–H groups in total. The minimum Gasteiger partial charge on any atom is -0.496 e. The molecule has 0 amide bonds. The number of carbonyl (C=O) groups is 1. The first-order valence-corrected chi connectivity index (χ1v) is 5.94. The summed E-state index contributed by atoms with van der Waals surface area (Å²) in [4.78, 5) is 11.5. The predicted molar refractivity (Wildman–Crippen MR) is 71.0 cm³/mol. The quantitative estimate of drug-likeness (QED) is 0.860. The Morgan fingerprint density at radius 1 is 1.11 bits per heavy atom. The van der Waals surface area contributed by atoms with Crippen LogP contribution in [0.25, 0.3) is 0 Å². The molecule has 0 bridgehead atoms. The average Bonchev–Trinajstić information content (AvgIpc) is 2.41. The molecule has 0 aliphatic rings. The molecule has 19 heavy (non-hydrogen) atoms. The van der Waals surface area contributed by atoms with E-state index in [2.05, 4.69) is 4.74 Å². The van der Waals surface area contributed by atoms with Crippen LogP contribution in [0.5, 0.6) is 11.5 Å². The fraction of sp³-hybridized carbons (Fsp3) is 0.462. The normalized spacial score (nSPS) is 11.9. The lowest BCUT2D eigenvalue weighted by atomic mass is 9.97. The lowest BCUT2D eigenvalue weighted by Crippen LogP contribution is -2.17. The van der Waals surface area contributed by atoms with Crippen LogP contribution in [-0.2, 0) is 9.53 Å². The van der Waals surface area contributed by atoms with Crippen LogP contribution in [0.4, 0.5) is 0 Å². The molecular weight excluding hydrogens is 272 g/mol. The Bertz CT molecular complexity index is 499. The third-order valence-corrected chi connectivity index (χ3v) is 3.42. The number of aliphatic hydroxyl groups is 1. The van der Waals surface area contributed by atoms with Crippen molar-refractivity contribution in [3.8, 4) is 11.5 Å². The van der Waals surface area contributed by atoms with Crippen LogP contribution in [0.3, 0.4) is 0 Å². The van der Waals surface area contributed by atoms with Gasteiger partial charge >= 0.3 is 5.97 Å². The van der Waals surface area contributed by atoms with E-state index in [1.54, 1.807) is 13.8 Å². The maximum atomic E-state index is 11.5. The smallest absolute Gasteiger partial charge is 0.339 e. The second-order valence-electron chi connectivity index (χ2n) is 3.97. The van der Waals surface area contributed by atoms with Crippen LogP contribution in [0.15, 0.2) is 0 Å². The van der Waals surface area contributed by atoms with Crippen LogP contribution in [0.1, 0.15) is 22.8 Å². The molecule has 0 saturated heterocycles. The van der Waals surface area contributed by atoms with Gasteiger partial charge in [-0.15, -0.1) is 0 Å². The molecule has 0 spiro atoms.